The van der Waals surface area contributed by atoms with Gasteiger partial charge in [0.25, 0.3) is 0 Å². The van der Waals surface area contributed by atoms with Crippen LogP contribution in [-0.4, -0.2) is 34.2 Å². The molecule has 0 amide bonds. The van der Waals surface area contributed by atoms with E-state index in [1.807, 2.05) is 0 Å². The number of aryl methyl sites for hydroxylation is 2. The van der Waals surface area contributed by atoms with Gasteiger partial charge in [0.05, 0.1) is 16.1 Å². The van der Waals surface area contributed by atoms with Crippen molar-refractivity contribution in [1.82, 2.24) is 9.97 Å². The number of nitrogens with zero attached hydrogens (tertiary/aromatic N) is 2. The molecule has 6 aromatic rings. The molecule has 6 heteroatoms. The van der Waals surface area contributed by atoms with E-state index < -0.39 is 24.2 Å². The van der Waals surface area contributed by atoms with Crippen molar-refractivity contribution in [3.63, 3.8) is 0 Å². The van der Waals surface area contributed by atoms with Crippen molar-refractivity contribution in [2.24, 2.45) is 0 Å². The first-order valence-electron chi connectivity index (χ1n) is 16.5. The molecule has 0 aliphatic carbocycles. The van der Waals surface area contributed by atoms with Crippen LogP contribution in [0.5, 0.6) is 0 Å². The number of pyridine rings is 2. The van der Waals surface area contributed by atoms with Crippen LogP contribution >= 0.6 is 0 Å². The smallest absolute Gasteiger partial charge is 0.305 e. The third-order valence-corrected chi connectivity index (χ3v) is 18.1. The minimum Gasteiger partial charge on any atom is -0.305 e. The third-order valence-electron chi connectivity index (χ3n) is 9.20. The Labute approximate surface area is 305 Å². The van der Waals surface area contributed by atoms with Crippen molar-refractivity contribution in [2.45, 2.75) is 53.1 Å². The van der Waals surface area contributed by atoms with Gasteiger partial charge in [0.15, 0.2) is 0 Å². The minimum atomic E-state index is -2.89. The van der Waals surface area contributed by atoms with Crippen molar-refractivity contribution in [1.29, 1.82) is 0 Å². The maximum atomic E-state index is 5.01. The molecular formula is C42H44N2PtSi3. The second-order valence-corrected chi connectivity index (χ2v) is 28.5. The average Bonchev–Trinajstić information content (AvgIpc) is 3.05. The Kier molecular flexibility index (Phi) is 10.6. The van der Waals surface area contributed by atoms with E-state index in [2.05, 4.69) is 187 Å². The van der Waals surface area contributed by atoms with E-state index >= 15 is 0 Å². The van der Waals surface area contributed by atoms with Crippen LogP contribution in [0.15, 0.2) is 122 Å². The SMILES string of the molecule is Cc1cc(-c2[c-]c([Si](c3[c-]c(-c4cc(C)c([Si](C)(C)C)cn4)ccc3)(c3ccccc3)c3ccccc3)ccc2)ncc1[Si](C)(C)C.[Pt+2]. The van der Waals surface area contributed by atoms with E-state index in [1.165, 1.54) is 42.2 Å². The second-order valence-electron chi connectivity index (χ2n) is 14.7. The predicted molar refractivity (Wildman–Crippen MR) is 210 cm³/mol. The Morgan fingerprint density at radius 2 is 0.854 bits per heavy atom. The minimum absolute atomic E-state index is 0. The summed E-state index contributed by atoms with van der Waals surface area (Å²) in [4.78, 5) is 10.0. The third kappa shape index (κ3) is 6.97. The number of hydrogen-bond acceptors (Lipinski definition) is 2. The fourth-order valence-corrected chi connectivity index (χ4v) is 15.0. The Balaban J connectivity index is 0.00000451. The first-order chi connectivity index (χ1) is 22.4. The van der Waals surface area contributed by atoms with Crippen molar-refractivity contribution in [2.75, 3.05) is 0 Å². The molecule has 0 saturated heterocycles. The molecule has 0 spiro atoms. The molecule has 0 unspecified atom stereocenters. The molecule has 0 fully saturated rings. The van der Waals surface area contributed by atoms with Gasteiger partial charge in [-0.2, -0.15) is 0 Å². The quantitative estimate of drug-likeness (QED) is 0.0995. The molecule has 0 aliphatic rings. The van der Waals surface area contributed by atoms with Gasteiger partial charge in [-0.3, -0.25) is 0 Å². The Hall–Kier alpha value is -3.48. The van der Waals surface area contributed by atoms with Gasteiger partial charge in [-0.25, -0.2) is 0 Å². The van der Waals surface area contributed by atoms with Crippen LogP contribution in [0, 0.1) is 26.0 Å². The number of aromatic nitrogens is 2. The topological polar surface area (TPSA) is 25.8 Å². The molecule has 0 radical (unpaired) electrons. The van der Waals surface area contributed by atoms with Crippen molar-refractivity contribution < 1.29 is 21.1 Å². The van der Waals surface area contributed by atoms with E-state index in [0.717, 1.165) is 22.5 Å². The van der Waals surface area contributed by atoms with Gasteiger partial charge < -0.3 is 9.97 Å². The van der Waals surface area contributed by atoms with Crippen molar-refractivity contribution in [3.05, 3.63) is 145 Å². The van der Waals surface area contributed by atoms with Crippen LogP contribution < -0.4 is 31.1 Å². The largest absolute Gasteiger partial charge is 2.00 e. The summed E-state index contributed by atoms with van der Waals surface area (Å²) in [6.07, 6.45) is 4.21. The first-order valence-corrected chi connectivity index (χ1v) is 25.5. The summed E-state index contributed by atoms with van der Waals surface area (Å²) in [6, 6.07) is 47.6. The maximum Gasteiger partial charge on any atom is 2.00 e. The number of rotatable bonds is 8. The molecule has 2 aromatic heterocycles. The van der Waals surface area contributed by atoms with Crippen LogP contribution in [0.3, 0.4) is 0 Å². The molecule has 244 valence electrons. The predicted octanol–water partition coefficient (Wildman–Crippen LogP) is 6.49. The monoisotopic (exact) mass is 855 g/mol. The van der Waals surface area contributed by atoms with E-state index in [4.69, 9.17) is 9.97 Å². The summed E-state index contributed by atoms with van der Waals surface area (Å²) in [6.45, 7) is 18.7. The van der Waals surface area contributed by atoms with E-state index in [0.29, 0.717) is 0 Å². The summed E-state index contributed by atoms with van der Waals surface area (Å²) in [7, 11) is -5.89. The molecule has 4 aromatic carbocycles. The summed E-state index contributed by atoms with van der Waals surface area (Å²) >= 11 is 0. The molecule has 48 heavy (non-hydrogen) atoms. The van der Waals surface area contributed by atoms with Gasteiger partial charge in [-0.15, -0.1) is 70.0 Å². The van der Waals surface area contributed by atoms with Crippen LogP contribution in [0.4, 0.5) is 0 Å². The summed E-state index contributed by atoms with van der Waals surface area (Å²) < 4.78 is 0. The first kappa shape index (κ1) is 35.8. The van der Waals surface area contributed by atoms with E-state index in [9.17, 15) is 0 Å². The normalized spacial score (nSPS) is 12.0. The Morgan fingerprint density at radius 1 is 0.479 bits per heavy atom. The molecule has 6 rings (SSSR count). The van der Waals surface area contributed by atoms with Crippen LogP contribution in [0.1, 0.15) is 11.1 Å². The summed E-state index contributed by atoms with van der Waals surface area (Å²) in [5.41, 5.74) is 6.60. The second kappa shape index (κ2) is 14.2. The molecular weight excluding hydrogens is 812 g/mol. The fraction of sp³-hybridized carbons (Fsp3) is 0.190. The zero-order chi connectivity index (χ0) is 33.4. The molecule has 0 bridgehead atoms. The number of hydrogen-bond donors (Lipinski definition) is 0. The van der Waals surface area contributed by atoms with Crippen LogP contribution in [0.2, 0.25) is 39.3 Å². The van der Waals surface area contributed by atoms with Gasteiger partial charge in [-0.1, -0.05) is 123 Å². The van der Waals surface area contributed by atoms with Crippen molar-refractivity contribution in [3.8, 4) is 22.5 Å². The van der Waals surface area contributed by atoms with E-state index in [1.54, 1.807) is 0 Å². The van der Waals surface area contributed by atoms with Crippen LogP contribution in [0.25, 0.3) is 22.5 Å². The molecule has 0 aliphatic heterocycles. The van der Waals surface area contributed by atoms with Crippen LogP contribution in [-0.2, 0) is 21.1 Å². The average molecular weight is 856 g/mol. The zero-order valence-electron chi connectivity index (χ0n) is 29.3. The van der Waals surface area contributed by atoms with Gasteiger partial charge in [0.1, 0.15) is 8.07 Å². The molecule has 0 saturated carbocycles. The summed E-state index contributed by atoms with van der Waals surface area (Å²) in [5, 5.41) is 7.78. The van der Waals surface area contributed by atoms with Crippen molar-refractivity contribution >= 4 is 55.3 Å². The Morgan fingerprint density at radius 3 is 1.19 bits per heavy atom. The molecule has 2 heterocycles. The van der Waals surface area contributed by atoms with Gasteiger partial charge in [-0.05, 0) is 46.0 Å². The molecule has 0 N–H and O–H groups in total. The van der Waals surface area contributed by atoms with Gasteiger partial charge in [0, 0.05) is 12.4 Å². The zero-order valence-corrected chi connectivity index (χ0v) is 34.5. The standard InChI is InChI=1S/C42H44N2Si3.Pt/c1-31-25-39(43-29-41(31)45(3,4)5)33-17-15-23-37(27-33)47(35-19-11-9-12-20-35,36-21-13-10-14-22-36)38-24-16-18-34(28-38)40-26-32(2)42(30-44-40)46(6,7)8;/h9-26,29-30H,1-8H3;/q-2;+2. The fourth-order valence-electron chi connectivity index (χ4n) is 6.96. The van der Waals surface area contributed by atoms with Gasteiger partial charge in [0.2, 0.25) is 0 Å². The maximum absolute atomic E-state index is 5.01. The summed E-state index contributed by atoms with van der Waals surface area (Å²) in [5.74, 6) is 0. The van der Waals surface area contributed by atoms with Gasteiger partial charge >= 0.3 is 21.1 Å². The van der Waals surface area contributed by atoms with E-state index in [-0.39, 0.29) is 21.1 Å². The number of benzene rings is 4. The molecule has 2 nitrogen and oxygen atoms in total. The Bertz CT molecular complexity index is 1880. The molecule has 0 atom stereocenters.